The van der Waals surface area contributed by atoms with Gasteiger partial charge in [-0.15, -0.1) is 11.6 Å². The molecule has 1 rings (SSSR count). The number of halogens is 1. The topological polar surface area (TPSA) is 9.23 Å². The summed E-state index contributed by atoms with van der Waals surface area (Å²) >= 11 is 5.50. The van der Waals surface area contributed by atoms with Crippen molar-refractivity contribution in [2.24, 2.45) is 0 Å². The van der Waals surface area contributed by atoms with E-state index in [9.17, 15) is 0 Å². The van der Waals surface area contributed by atoms with Gasteiger partial charge in [-0.25, -0.2) is 0 Å². The van der Waals surface area contributed by atoms with Gasteiger partial charge in [0.25, 0.3) is 0 Å². The maximum Gasteiger partial charge on any atom is 0.118 e. The van der Waals surface area contributed by atoms with E-state index in [1.165, 1.54) is 0 Å². The Labute approximate surface area is 77.6 Å². The van der Waals surface area contributed by atoms with Gasteiger partial charge >= 0.3 is 0 Å². The molecule has 0 aliphatic heterocycles. The van der Waals surface area contributed by atoms with E-state index in [0.29, 0.717) is 5.88 Å². The van der Waals surface area contributed by atoms with E-state index in [-0.39, 0.29) is 0 Å². The average molecular weight is 183 g/mol. The molecule has 0 aliphatic carbocycles. The first-order valence-electron chi connectivity index (χ1n) is 3.73. The van der Waals surface area contributed by atoms with Gasteiger partial charge in [-0.3, -0.25) is 0 Å². The third-order valence-electron chi connectivity index (χ3n) is 1.52. The zero-order valence-corrected chi connectivity index (χ0v) is 7.71. The van der Waals surface area contributed by atoms with Crippen molar-refractivity contribution in [3.63, 3.8) is 0 Å². The van der Waals surface area contributed by atoms with E-state index in [2.05, 4.69) is 0 Å². The number of ether oxygens (including phenoxy) is 1. The molecule has 64 valence electrons. The molecule has 0 bridgehead atoms. The van der Waals surface area contributed by atoms with E-state index in [0.717, 1.165) is 11.3 Å². The lowest BCUT2D eigenvalue weighted by Crippen LogP contribution is -1.81. The Morgan fingerprint density at radius 3 is 2.50 bits per heavy atom. The van der Waals surface area contributed by atoms with Gasteiger partial charge in [0.2, 0.25) is 0 Å². The fourth-order valence-corrected chi connectivity index (χ4v) is 0.985. The van der Waals surface area contributed by atoms with Gasteiger partial charge in [0.1, 0.15) is 5.75 Å². The summed E-state index contributed by atoms with van der Waals surface area (Å²) in [6.07, 6.45) is 3.88. The van der Waals surface area contributed by atoms with Gasteiger partial charge in [0, 0.05) is 5.88 Å². The number of benzene rings is 1. The number of rotatable bonds is 3. The molecule has 1 aromatic carbocycles. The molecule has 0 aromatic heterocycles. The van der Waals surface area contributed by atoms with Crippen molar-refractivity contribution in [1.82, 2.24) is 0 Å². The summed E-state index contributed by atoms with van der Waals surface area (Å²) in [5.41, 5.74) is 1.14. The van der Waals surface area contributed by atoms with Gasteiger partial charge in [0.05, 0.1) is 7.11 Å². The van der Waals surface area contributed by atoms with Crippen LogP contribution in [0.2, 0.25) is 0 Å². The van der Waals surface area contributed by atoms with Crippen LogP contribution in [0.3, 0.4) is 0 Å². The zero-order chi connectivity index (χ0) is 8.81. The molecular formula is C10H11ClO. The molecule has 0 heterocycles. The largest absolute Gasteiger partial charge is 0.497 e. The molecule has 0 unspecified atom stereocenters. The highest BCUT2D eigenvalue weighted by Gasteiger charge is 1.88. The summed E-state index contributed by atoms with van der Waals surface area (Å²) in [7, 11) is 1.66. The van der Waals surface area contributed by atoms with Crippen molar-refractivity contribution in [2.75, 3.05) is 13.0 Å². The highest BCUT2D eigenvalue weighted by atomic mass is 35.5. The summed E-state index contributed by atoms with van der Waals surface area (Å²) in [6.45, 7) is 0. The number of allylic oxidation sites excluding steroid dienone is 1. The Kier molecular flexibility index (Phi) is 3.68. The van der Waals surface area contributed by atoms with Gasteiger partial charge in [-0.1, -0.05) is 24.3 Å². The molecule has 0 saturated carbocycles. The van der Waals surface area contributed by atoms with Crippen molar-refractivity contribution >= 4 is 17.7 Å². The minimum Gasteiger partial charge on any atom is -0.497 e. The SMILES string of the molecule is COc1ccc(C=CCCl)cc1. The smallest absolute Gasteiger partial charge is 0.118 e. The average Bonchev–Trinajstić information content (AvgIpc) is 2.15. The molecule has 0 amide bonds. The Morgan fingerprint density at radius 1 is 1.33 bits per heavy atom. The normalized spacial score (nSPS) is 10.5. The fourth-order valence-electron chi connectivity index (χ4n) is 0.896. The van der Waals surface area contributed by atoms with Gasteiger partial charge < -0.3 is 4.74 Å². The van der Waals surface area contributed by atoms with Gasteiger partial charge in [-0.05, 0) is 17.7 Å². The number of hydrogen-bond acceptors (Lipinski definition) is 1. The minimum absolute atomic E-state index is 0.548. The van der Waals surface area contributed by atoms with E-state index in [1.807, 2.05) is 36.4 Å². The van der Waals surface area contributed by atoms with Crippen LogP contribution in [-0.2, 0) is 0 Å². The Morgan fingerprint density at radius 2 is 2.00 bits per heavy atom. The Hall–Kier alpha value is -0.950. The monoisotopic (exact) mass is 182 g/mol. The molecule has 0 N–H and O–H groups in total. The maximum atomic E-state index is 5.50. The molecule has 0 atom stereocenters. The molecular weight excluding hydrogens is 172 g/mol. The van der Waals surface area contributed by atoms with Crippen molar-refractivity contribution in [1.29, 1.82) is 0 Å². The lowest BCUT2D eigenvalue weighted by atomic mass is 10.2. The Bertz CT molecular complexity index is 251. The standard InChI is InChI=1S/C10H11ClO/c1-12-10-6-4-9(5-7-10)3-2-8-11/h2-7H,8H2,1H3. The predicted octanol–water partition coefficient (Wildman–Crippen LogP) is 2.95. The summed E-state index contributed by atoms with van der Waals surface area (Å²) in [5.74, 6) is 1.42. The van der Waals surface area contributed by atoms with Crippen LogP contribution in [-0.4, -0.2) is 13.0 Å². The fraction of sp³-hybridized carbons (Fsp3) is 0.200. The van der Waals surface area contributed by atoms with E-state index in [4.69, 9.17) is 16.3 Å². The van der Waals surface area contributed by atoms with Crippen LogP contribution in [0, 0.1) is 0 Å². The van der Waals surface area contributed by atoms with E-state index >= 15 is 0 Å². The van der Waals surface area contributed by atoms with Crippen LogP contribution in [0.15, 0.2) is 30.3 Å². The van der Waals surface area contributed by atoms with E-state index < -0.39 is 0 Å². The molecule has 0 fully saturated rings. The molecule has 2 heteroatoms. The lowest BCUT2D eigenvalue weighted by molar-refractivity contribution is 0.415. The summed E-state index contributed by atoms with van der Waals surface area (Å²) in [4.78, 5) is 0. The third-order valence-corrected chi connectivity index (χ3v) is 1.69. The zero-order valence-electron chi connectivity index (χ0n) is 6.96. The first-order chi connectivity index (χ1) is 5.86. The quantitative estimate of drug-likeness (QED) is 0.654. The van der Waals surface area contributed by atoms with Crippen LogP contribution in [0.5, 0.6) is 5.75 Å². The van der Waals surface area contributed by atoms with Gasteiger partial charge in [0.15, 0.2) is 0 Å². The summed E-state index contributed by atoms with van der Waals surface area (Å²) in [6, 6.07) is 7.82. The third kappa shape index (κ3) is 2.59. The molecule has 0 spiro atoms. The highest BCUT2D eigenvalue weighted by molar-refractivity contribution is 6.19. The molecule has 0 radical (unpaired) electrons. The highest BCUT2D eigenvalue weighted by Crippen LogP contribution is 2.12. The van der Waals surface area contributed by atoms with Crippen LogP contribution < -0.4 is 4.74 Å². The van der Waals surface area contributed by atoms with E-state index in [1.54, 1.807) is 7.11 Å². The summed E-state index contributed by atoms with van der Waals surface area (Å²) < 4.78 is 5.02. The van der Waals surface area contributed by atoms with Gasteiger partial charge in [-0.2, -0.15) is 0 Å². The first kappa shape index (κ1) is 9.14. The maximum absolute atomic E-state index is 5.50. The predicted molar refractivity (Wildman–Crippen MR) is 52.7 cm³/mol. The first-order valence-corrected chi connectivity index (χ1v) is 4.27. The number of hydrogen-bond donors (Lipinski definition) is 0. The van der Waals surface area contributed by atoms with Crippen molar-refractivity contribution < 1.29 is 4.74 Å². The van der Waals surface area contributed by atoms with Crippen LogP contribution >= 0.6 is 11.6 Å². The van der Waals surface area contributed by atoms with Crippen molar-refractivity contribution in [3.8, 4) is 5.75 Å². The van der Waals surface area contributed by atoms with Crippen molar-refractivity contribution in [2.45, 2.75) is 0 Å². The van der Waals surface area contributed by atoms with Crippen molar-refractivity contribution in [3.05, 3.63) is 35.9 Å². The summed E-state index contributed by atoms with van der Waals surface area (Å²) in [5, 5.41) is 0. The number of methoxy groups -OCH3 is 1. The minimum atomic E-state index is 0.548. The molecule has 12 heavy (non-hydrogen) atoms. The van der Waals surface area contributed by atoms with Crippen LogP contribution in [0.25, 0.3) is 6.08 Å². The molecule has 1 aromatic rings. The van der Waals surface area contributed by atoms with Crippen LogP contribution in [0.4, 0.5) is 0 Å². The molecule has 1 nitrogen and oxygen atoms in total. The second-order valence-corrected chi connectivity index (χ2v) is 2.64. The Balaban J connectivity index is 2.71. The second-order valence-electron chi connectivity index (χ2n) is 2.33. The number of alkyl halides is 1. The van der Waals surface area contributed by atoms with Crippen LogP contribution in [0.1, 0.15) is 5.56 Å². The molecule has 0 aliphatic rings. The lowest BCUT2D eigenvalue weighted by Gasteiger charge is -1.98. The molecule has 0 saturated heterocycles. The second kappa shape index (κ2) is 4.83.